The van der Waals surface area contributed by atoms with Gasteiger partial charge in [-0.25, -0.2) is 0 Å². The Kier molecular flexibility index (Phi) is 2.64. The Hall–Kier alpha value is -0.760. The van der Waals surface area contributed by atoms with Crippen molar-refractivity contribution in [2.24, 2.45) is 5.73 Å². The predicted molar refractivity (Wildman–Crippen MR) is 57.6 cm³/mol. The number of nitrogens with two attached hydrogens (primary N) is 1. The van der Waals surface area contributed by atoms with Crippen LogP contribution in [0.4, 0.5) is 0 Å². The molecule has 0 bridgehead atoms. The molecule has 0 spiro atoms. The van der Waals surface area contributed by atoms with Crippen LogP contribution >= 0.6 is 0 Å². The van der Waals surface area contributed by atoms with Crippen molar-refractivity contribution in [2.45, 2.75) is 45.4 Å². The molecule has 0 atom stereocenters. The van der Waals surface area contributed by atoms with E-state index >= 15 is 0 Å². The SMILES string of the molecule is CC(C)c1oc2c(c1CCN)CCC2. The van der Waals surface area contributed by atoms with Crippen LogP contribution < -0.4 is 5.73 Å². The van der Waals surface area contributed by atoms with Crippen molar-refractivity contribution in [3.63, 3.8) is 0 Å². The molecule has 0 saturated carbocycles. The van der Waals surface area contributed by atoms with Crippen LogP contribution in [-0.2, 0) is 19.3 Å². The zero-order valence-electron chi connectivity index (χ0n) is 9.10. The predicted octanol–water partition coefficient (Wildman–Crippen LogP) is 2.39. The number of fused-ring (bicyclic) bond motifs is 1. The molecule has 0 saturated heterocycles. The van der Waals surface area contributed by atoms with Gasteiger partial charge in [0.05, 0.1) is 0 Å². The Morgan fingerprint density at radius 1 is 1.36 bits per heavy atom. The number of aryl methyl sites for hydroxylation is 1. The van der Waals surface area contributed by atoms with Crippen molar-refractivity contribution >= 4 is 0 Å². The highest BCUT2D eigenvalue weighted by Crippen LogP contribution is 2.34. The van der Waals surface area contributed by atoms with E-state index < -0.39 is 0 Å². The zero-order valence-corrected chi connectivity index (χ0v) is 9.10. The van der Waals surface area contributed by atoms with Crippen LogP contribution in [0.5, 0.6) is 0 Å². The lowest BCUT2D eigenvalue weighted by Crippen LogP contribution is -2.06. The molecule has 78 valence electrons. The van der Waals surface area contributed by atoms with Crippen LogP contribution in [0, 0.1) is 0 Å². The quantitative estimate of drug-likeness (QED) is 0.800. The molecule has 0 aromatic carbocycles. The molecule has 2 rings (SSSR count). The summed E-state index contributed by atoms with van der Waals surface area (Å²) < 4.78 is 5.92. The Morgan fingerprint density at radius 3 is 2.79 bits per heavy atom. The Morgan fingerprint density at radius 2 is 2.14 bits per heavy atom. The molecule has 0 radical (unpaired) electrons. The third-order valence-corrected chi connectivity index (χ3v) is 2.98. The van der Waals surface area contributed by atoms with Crippen molar-refractivity contribution in [2.75, 3.05) is 6.54 Å². The summed E-state index contributed by atoms with van der Waals surface area (Å²) in [4.78, 5) is 0. The molecule has 0 aliphatic heterocycles. The van der Waals surface area contributed by atoms with E-state index in [1.165, 1.54) is 35.5 Å². The van der Waals surface area contributed by atoms with E-state index in [1.807, 2.05) is 0 Å². The van der Waals surface area contributed by atoms with Crippen molar-refractivity contribution in [3.05, 3.63) is 22.6 Å². The smallest absolute Gasteiger partial charge is 0.110 e. The molecule has 1 aromatic heterocycles. The van der Waals surface area contributed by atoms with Gasteiger partial charge in [-0.3, -0.25) is 0 Å². The van der Waals surface area contributed by atoms with E-state index in [4.69, 9.17) is 10.2 Å². The van der Waals surface area contributed by atoms with E-state index in [-0.39, 0.29) is 0 Å². The Balaban J connectivity index is 2.40. The topological polar surface area (TPSA) is 39.2 Å². The van der Waals surface area contributed by atoms with Crippen molar-refractivity contribution < 1.29 is 4.42 Å². The first-order chi connectivity index (χ1) is 6.74. The third kappa shape index (κ3) is 1.48. The van der Waals surface area contributed by atoms with E-state index in [2.05, 4.69) is 13.8 Å². The van der Waals surface area contributed by atoms with Gasteiger partial charge in [-0.05, 0) is 36.9 Å². The van der Waals surface area contributed by atoms with Gasteiger partial charge in [0.1, 0.15) is 11.5 Å². The highest BCUT2D eigenvalue weighted by molar-refractivity contribution is 5.38. The lowest BCUT2D eigenvalue weighted by Gasteiger charge is -2.06. The van der Waals surface area contributed by atoms with Gasteiger partial charge in [-0.1, -0.05) is 13.8 Å². The van der Waals surface area contributed by atoms with E-state index in [9.17, 15) is 0 Å². The number of hydrogen-bond donors (Lipinski definition) is 1. The van der Waals surface area contributed by atoms with Crippen LogP contribution in [0.15, 0.2) is 4.42 Å². The van der Waals surface area contributed by atoms with Gasteiger partial charge < -0.3 is 10.2 Å². The second kappa shape index (κ2) is 3.77. The monoisotopic (exact) mass is 193 g/mol. The van der Waals surface area contributed by atoms with Gasteiger partial charge in [-0.15, -0.1) is 0 Å². The number of furan rings is 1. The summed E-state index contributed by atoms with van der Waals surface area (Å²) in [6.45, 7) is 5.10. The maximum Gasteiger partial charge on any atom is 0.110 e. The van der Waals surface area contributed by atoms with Crippen LogP contribution in [-0.4, -0.2) is 6.54 Å². The molecule has 1 heterocycles. The Bertz CT molecular complexity index is 325. The number of hydrogen-bond acceptors (Lipinski definition) is 2. The first kappa shape index (κ1) is 9.78. The molecule has 2 nitrogen and oxygen atoms in total. The average Bonchev–Trinajstić information content (AvgIpc) is 2.67. The molecular weight excluding hydrogens is 174 g/mol. The van der Waals surface area contributed by atoms with Gasteiger partial charge in [0.15, 0.2) is 0 Å². The van der Waals surface area contributed by atoms with Gasteiger partial charge in [0, 0.05) is 12.3 Å². The fraction of sp³-hybridized carbons (Fsp3) is 0.667. The molecule has 0 amide bonds. The van der Waals surface area contributed by atoms with Crippen LogP contribution in [0.1, 0.15) is 48.8 Å². The molecule has 2 heteroatoms. The Labute approximate surface area is 85.5 Å². The largest absolute Gasteiger partial charge is 0.465 e. The first-order valence-corrected chi connectivity index (χ1v) is 5.57. The zero-order chi connectivity index (χ0) is 10.1. The minimum atomic E-state index is 0.488. The van der Waals surface area contributed by atoms with E-state index in [0.29, 0.717) is 5.92 Å². The van der Waals surface area contributed by atoms with Crippen LogP contribution in [0.25, 0.3) is 0 Å². The molecule has 0 unspecified atom stereocenters. The summed E-state index contributed by atoms with van der Waals surface area (Å²) in [5.74, 6) is 2.90. The molecular formula is C12H19NO. The van der Waals surface area contributed by atoms with Crippen LogP contribution in [0.2, 0.25) is 0 Å². The lowest BCUT2D eigenvalue weighted by atomic mass is 10.00. The molecule has 0 fully saturated rings. The first-order valence-electron chi connectivity index (χ1n) is 5.57. The third-order valence-electron chi connectivity index (χ3n) is 2.98. The normalized spacial score (nSPS) is 15.1. The fourth-order valence-electron chi connectivity index (χ4n) is 2.38. The van der Waals surface area contributed by atoms with Gasteiger partial charge in [-0.2, -0.15) is 0 Å². The van der Waals surface area contributed by atoms with Crippen molar-refractivity contribution in [1.29, 1.82) is 0 Å². The van der Waals surface area contributed by atoms with E-state index in [0.717, 1.165) is 19.4 Å². The second-order valence-electron chi connectivity index (χ2n) is 4.39. The van der Waals surface area contributed by atoms with Gasteiger partial charge >= 0.3 is 0 Å². The summed E-state index contributed by atoms with van der Waals surface area (Å²) in [6, 6.07) is 0. The number of rotatable bonds is 3. The molecule has 2 N–H and O–H groups in total. The maximum absolute atomic E-state index is 5.92. The molecule has 1 aliphatic rings. The second-order valence-corrected chi connectivity index (χ2v) is 4.39. The minimum absolute atomic E-state index is 0.488. The fourth-order valence-corrected chi connectivity index (χ4v) is 2.38. The summed E-state index contributed by atoms with van der Waals surface area (Å²) >= 11 is 0. The highest BCUT2D eigenvalue weighted by Gasteiger charge is 2.24. The van der Waals surface area contributed by atoms with Crippen molar-refractivity contribution in [1.82, 2.24) is 0 Å². The molecule has 14 heavy (non-hydrogen) atoms. The molecule has 1 aliphatic carbocycles. The van der Waals surface area contributed by atoms with Crippen molar-refractivity contribution in [3.8, 4) is 0 Å². The maximum atomic E-state index is 5.92. The average molecular weight is 193 g/mol. The van der Waals surface area contributed by atoms with Gasteiger partial charge in [0.2, 0.25) is 0 Å². The summed E-state index contributed by atoms with van der Waals surface area (Å²) in [7, 11) is 0. The molecule has 1 aromatic rings. The lowest BCUT2D eigenvalue weighted by molar-refractivity contribution is 0.447. The van der Waals surface area contributed by atoms with Gasteiger partial charge in [0.25, 0.3) is 0 Å². The minimum Gasteiger partial charge on any atom is -0.465 e. The summed E-state index contributed by atoms with van der Waals surface area (Å²) in [5, 5.41) is 0. The summed E-state index contributed by atoms with van der Waals surface area (Å²) in [6.07, 6.45) is 4.55. The van der Waals surface area contributed by atoms with Crippen LogP contribution in [0.3, 0.4) is 0 Å². The standard InChI is InChI=1S/C12H19NO/c1-8(2)12-10(6-7-13)9-4-3-5-11(9)14-12/h8H,3-7,13H2,1-2H3. The highest BCUT2D eigenvalue weighted by atomic mass is 16.3. The van der Waals surface area contributed by atoms with E-state index in [1.54, 1.807) is 0 Å². The summed E-state index contributed by atoms with van der Waals surface area (Å²) in [5.41, 5.74) is 8.52.